The predicted octanol–water partition coefficient (Wildman–Crippen LogP) is 4.88. The fraction of sp³-hybridized carbons (Fsp3) is 0.136. The number of aryl methyl sites for hydroxylation is 2. The molecular weight excluding hydrogens is 404 g/mol. The summed E-state index contributed by atoms with van der Waals surface area (Å²) in [5, 5.41) is 11.0. The molecule has 0 saturated carbocycles. The van der Waals surface area contributed by atoms with Crippen molar-refractivity contribution in [2.75, 3.05) is 4.90 Å². The van der Waals surface area contributed by atoms with Crippen molar-refractivity contribution in [3.8, 4) is 0 Å². The minimum Gasteiger partial charge on any atom is -0.503 e. The number of amides is 1. The van der Waals surface area contributed by atoms with Crippen LogP contribution in [0.3, 0.4) is 0 Å². The number of thiazole rings is 1. The Morgan fingerprint density at radius 3 is 2.63 bits per heavy atom. The van der Waals surface area contributed by atoms with Gasteiger partial charge in [-0.15, -0.1) is 0 Å². The van der Waals surface area contributed by atoms with E-state index < -0.39 is 23.5 Å². The summed E-state index contributed by atoms with van der Waals surface area (Å²) in [6, 6.07) is 9.43. The Balaban J connectivity index is 1.68. The van der Waals surface area contributed by atoms with Gasteiger partial charge >= 0.3 is 0 Å². The normalized spacial score (nSPS) is 16.8. The average molecular weight is 420 g/mol. The second-order valence-corrected chi connectivity index (χ2v) is 8.10. The zero-order valence-electron chi connectivity index (χ0n) is 16.1. The van der Waals surface area contributed by atoms with Gasteiger partial charge in [-0.1, -0.05) is 17.4 Å². The van der Waals surface area contributed by atoms with E-state index in [1.807, 2.05) is 26.0 Å². The molecule has 5 rings (SSSR count). The molecule has 1 aliphatic heterocycles. The maximum absolute atomic E-state index is 13.1. The van der Waals surface area contributed by atoms with E-state index in [2.05, 4.69) is 4.98 Å². The summed E-state index contributed by atoms with van der Waals surface area (Å²) in [6.07, 6.45) is 2.81. The summed E-state index contributed by atoms with van der Waals surface area (Å²) in [5.41, 5.74) is 2.74. The van der Waals surface area contributed by atoms with Crippen LogP contribution in [0, 0.1) is 13.8 Å². The topological polar surface area (TPSA) is 96.8 Å². The third-order valence-corrected chi connectivity index (χ3v) is 6.04. The van der Waals surface area contributed by atoms with Crippen LogP contribution < -0.4 is 4.90 Å². The Labute approximate surface area is 174 Å². The predicted molar refractivity (Wildman–Crippen MR) is 111 cm³/mol. The first-order valence-corrected chi connectivity index (χ1v) is 10.0. The third kappa shape index (κ3) is 2.68. The van der Waals surface area contributed by atoms with Crippen molar-refractivity contribution in [2.45, 2.75) is 19.9 Å². The number of anilines is 1. The van der Waals surface area contributed by atoms with Crippen molar-refractivity contribution in [3.05, 3.63) is 82.9 Å². The molecule has 3 aromatic heterocycles. The third-order valence-electron chi connectivity index (χ3n) is 5.04. The number of benzene rings is 1. The Kier molecular flexibility index (Phi) is 4.11. The van der Waals surface area contributed by atoms with Crippen LogP contribution in [0.15, 0.2) is 69.1 Å². The molecule has 0 radical (unpaired) electrons. The molecule has 150 valence electrons. The van der Waals surface area contributed by atoms with Gasteiger partial charge in [0.2, 0.25) is 5.78 Å². The summed E-state index contributed by atoms with van der Waals surface area (Å²) >= 11 is 1.32. The van der Waals surface area contributed by atoms with Gasteiger partial charge in [-0.05, 0) is 55.3 Å². The summed E-state index contributed by atoms with van der Waals surface area (Å²) in [4.78, 5) is 32.1. The smallest absolute Gasteiger partial charge is 0.296 e. The van der Waals surface area contributed by atoms with Gasteiger partial charge in [0.15, 0.2) is 16.7 Å². The first-order valence-electron chi connectivity index (χ1n) is 9.22. The summed E-state index contributed by atoms with van der Waals surface area (Å²) in [7, 11) is 0. The number of Topliss-reactive ketones (excluding diaryl/α,β-unsaturated/α-hetero) is 1. The Bertz CT molecular complexity index is 1320. The number of nitrogens with zero attached hydrogens (tertiary/aromatic N) is 2. The molecule has 1 atom stereocenters. The molecular formula is C22H16N2O5S. The number of rotatable bonds is 4. The van der Waals surface area contributed by atoms with E-state index in [1.54, 1.807) is 18.2 Å². The number of furan rings is 2. The zero-order chi connectivity index (χ0) is 21.0. The van der Waals surface area contributed by atoms with Gasteiger partial charge in [0.1, 0.15) is 11.8 Å². The molecule has 1 aliphatic rings. The van der Waals surface area contributed by atoms with Crippen LogP contribution >= 0.6 is 11.3 Å². The van der Waals surface area contributed by atoms with E-state index in [9.17, 15) is 14.7 Å². The van der Waals surface area contributed by atoms with Gasteiger partial charge in [-0.25, -0.2) is 4.98 Å². The molecule has 30 heavy (non-hydrogen) atoms. The molecule has 8 heteroatoms. The van der Waals surface area contributed by atoms with Gasteiger partial charge in [0.05, 0.1) is 28.3 Å². The van der Waals surface area contributed by atoms with E-state index in [0.29, 0.717) is 10.9 Å². The lowest BCUT2D eigenvalue weighted by Crippen LogP contribution is -2.30. The van der Waals surface area contributed by atoms with Crippen LogP contribution in [0.2, 0.25) is 0 Å². The van der Waals surface area contributed by atoms with Crippen molar-refractivity contribution in [1.29, 1.82) is 0 Å². The maximum atomic E-state index is 13.1. The van der Waals surface area contributed by atoms with Crippen LogP contribution in [0.4, 0.5) is 5.13 Å². The van der Waals surface area contributed by atoms with E-state index in [0.717, 1.165) is 21.3 Å². The summed E-state index contributed by atoms with van der Waals surface area (Å²) in [6.45, 7) is 3.95. The number of aliphatic hydroxyl groups is 1. The lowest BCUT2D eigenvalue weighted by atomic mass is 10.00. The molecule has 0 unspecified atom stereocenters. The number of ketones is 1. The summed E-state index contributed by atoms with van der Waals surface area (Å²) < 4.78 is 11.7. The second-order valence-electron chi connectivity index (χ2n) is 7.09. The minimum atomic E-state index is -0.952. The average Bonchev–Trinajstić information content (AvgIpc) is 3.49. The van der Waals surface area contributed by atoms with Gasteiger partial charge in [-0.2, -0.15) is 0 Å². The molecule has 0 bridgehead atoms. The van der Waals surface area contributed by atoms with E-state index in [-0.39, 0.29) is 11.3 Å². The standard InChI is InChI=1S/C22H16N2O5S/c1-11-9-12(2)17-15(10-11)30-22(23-17)24-18(13-5-3-7-28-13)16(20(26)21(24)27)19(25)14-6-4-8-29-14/h3-10,18,26H,1-2H3/t18-/m0/s1. The van der Waals surface area contributed by atoms with Crippen molar-refractivity contribution >= 4 is 38.4 Å². The largest absolute Gasteiger partial charge is 0.503 e. The highest BCUT2D eigenvalue weighted by Gasteiger charge is 2.47. The highest BCUT2D eigenvalue weighted by molar-refractivity contribution is 7.22. The Hall–Kier alpha value is -3.65. The Morgan fingerprint density at radius 2 is 1.93 bits per heavy atom. The van der Waals surface area contributed by atoms with Crippen molar-refractivity contribution in [2.24, 2.45) is 0 Å². The molecule has 0 aliphatic carbocycles. The quantitative estimate of drug-likeness (QED) is 0.473. The highest BCUT2D eigenvalue weighted by atomic mass is 32.1. The van der Waals surface area contributed by atoms with Gasteiger partial charge in [-0.3, -0.25) is 14.5 Å². The van der Waals surface area contributed by atoms with Crippen LogP contribution in [0.25, 0.3) is 10.2 Å². The summed E-state index contributed by atoms with van der Waals surface area (Å²) in [5.74, 6) is -1.56. The monoisotopic (exact) mass is 420 g/mol. The Morgan fingerprint density at radius 1 is 1.17 bits per heavy atom. The van der Waals surface area contributed by atoms with Crippen molar-refractivity contribution in [1.82, 2.24) is 4.98 Å². The number of hydrogen-bond donors (Lipinski definition) is 1. The first-order chi connectivity index (χ1) is 14.5. The van der Waals surface area contributed by atoms with E-state index >= 15 is 0 Å². The highest BCUT2D eigenvalue weighted by Crippen LogP contribution is 2.44. The fourth-order valence-electron chi connectivity index (χ4n) is 3.75. The number of aliphatic hydroxyl groups excluding tert-OH is 1. The van der Waals surface area contributed by atoms with Crippen molar-refractivity contribution < 1.29 is 23.5 Å². The second kappa shape index (κ2) is 6.70. The molecule has 4 aromatic rings. The number of carbonyl (C=O) groups excluding carboxylic acids is 2. The molecule has 7 nitrogen and oxygen atoms in total. The number of carbonyl (C=O) groups is 2. The fourth-order valence-corrected chi connectivity index (χ4v) is 4.92. The van der Waals surface area contributed by atoms with Crippen LogP contribution in [0.1, 0.15) is 33.5 Å². The van der Waals surface area contributed by atoms with Crippen LogP contribution in [0.5, 0.6) is 0 Å². The number of hydrogen-bond acceptors (Lipinski definition) is 7. The van der Waals surface area contributed by atoms with Crippen LogP contribution in [-0.4, -0.2) is 21.8 Å². The maximum Gasteiger partial charge on any atom is 0.296 e. The van der Waals surface area contributed by atoms with Gasteiger partial charge < -0.3 is 13.9 Å². The molecule has 0 spiro atoms. The molecule has 1 aromatic carbocycles. The van der Waals surface area contributed by atoms with Crippen molar-refractivity contribution in [3.63, 3.8) is 0 Å². The molecule has 4 heterocycles. The molecule has 1 N–H and O–H groups in total. The van der Waals surface area contributed by atoms with E-state index in [1.165, 1.54) is 34.8 Å². The SMILES string of the molecule is Cc1cc(C)c2nc(N3C(=O)C(O)=C(C(=O)c4ccco4)[C@@H]3c3ccco3)sc2c1. The van der Waals surface area contributed by atoms with Crippen LogP contribution in [-0.2, 0) is 4.79 Å². The van der Waals surface area contributed by atoms with Gasteiger partial charge in [0.25, 0.3) is 5.91 Å². The zero-order valence-corrected chi connectivity index (χ0v) is 16.9. The number of aromatic nitrogens is 1. The van der Waals surface area contributed by atoms with E-state index in [4.69, 9.17) is 8.83 Å². The lowest BCUT2D eigenvalue weighted by Gasteiger charge is -2.21. The molecule has 0 saturated heterocycles. The van der Waals surface area contributed by atoms with Gasteiger partial charge in [0, 0.05) is 0 Å². The lowest BCUT2D eigenvalue weighted by molar-refractivity contribution is -0.117. The molecule has 0 fully saturated rings. The first kappa shape index (κ1) is 18.4. The molecule has 1 amide bonds. The minimum absolute atomic E-state index is 0.0264. The number of fused-ring (bicyclic) bond motifs is 1.